The molecule has 3 aromatic rings. The summed E-state index contributed by atoms with van der Waals surface area (Å²) in [6.07, 6.45) is 3.79. The minimum absolute atomic E-state index is 0.128. The van der Waals surface area contributed by atoms with Gasteiger partial charge in [0.05, 0.1) is 12.1 Å². The van der Waals surface area contributed by atoms with Gasteiger partial charge in [0.1, 0.15) is 17.0 Å². The van der Waals surface area contributed by atoms with Gasteiger partial charge in [0.2, 0.25) is 6.41 Å². The fraction of sp³-hybridized carbons (Fsp3) is 0.400. The van der Waals surface area contributed by atoms with Crippen LogP contribution in [0.25, 0.3) is 22.6 Å². The van der Waals surface area contributed by atoms with E-state index in [0.29, 0.717) is 12.3 Å². The number of ether oxygens (including phenoxy) is 1. The molecule has 0 unspecified atom stereocenters. The number of benzene rings is 1. The van der Waals surface area contributed by atoms with E-state index in [1.807, 2.05) is 0 Å². The Kier molecular flexibility index (Phi) is 5.20. The number of aromatic nitrogens is 4. The van der Waals surface area contributed by atoms with Crippen LogP contribution in [0.15, 0.2) is 29.1 Å². The van der Waals surface area contributed by atoms with Crippen LogP contribution in [0.1, 0.15) is 19.3 Å². The predicted octanol–water partition coefficient (Wildman–Crippen LogP) is 1.50. The van der Waals surface area contributed by atoms with Gasteiger partial charge in [0.15, 0.2) is 5.82 Å². The number of nitrogens with zero attached hydrogens (tertiary/aromatic N) is 4. The molecule has 0 bridgehead atoms. The highest BCUT2D eigenvalue weighted by atomic mass is 16.5. The number of carbonyl (C=O) groups excluding carboxylic acids is 1. The average molecular weight is 396 g/mol. The molecule has 29 heavy (non-hydrogen) atoms. The molecule has 1 amide bonds. The van der Waals surface area contributed by atoms with Crippen molar-refractivity contribution in [3.05, 3.63) is 34.6 Å². The minimum Gasteiger partial charge on any atom is -0.491 e. The van der Waals surface area contributed by atoms with Crippen LogP contribution in [-0.4, -0.2) is 38.9 Å². The van der Waals surface area contributed by atoms with Crippen molar-refractivity contribution in [1.29, 1.82) is 0 Å². The van der Waals surface area contributed by atoms with Crippen molar-refractivity contribution < 1.29 is 9.53 Å². The Hall–Kier alpha value is -3.36. The van der Waals surface area contributed by atoms with E-state index in [-0.39, 0.29) is 12.0 Å². The molecule has 1 saturated carbocycles. The van der Waals surface area contributed by atoms with Gasteiger partial charge in [-0.2, -0.15) is 5.10 Å². The predicted molar refractivity (Wildman–Crippen MR) is 110 cm³/mol. The van der Waals surface area contributed by atoms with Gasteiger partial charge < -0.3 is 20.4 Å². The number of hydrogen-bond donors (Lipinski definition) is 2. The number of nitrogens with one attached hydrogen (secondary N) is 1. The molecule has 3 heterocycles. The molecule has 9 heteroatoms. The SMILES string of the molecule is Cn1nc(-c2nc3cc(NCC4CC4)cc4c3n2CCCO4)ccc1=O.NC=O. The number of hydrogen-bond acceptors (Lipinski definition) is 6. The number of amides is 1. The summed E-state index contributed by atoms with van der Waals surface area (Å²) in [5.41, 5.74) is 7.68. The zero-order valence-corrected chi connectivity index (χ0v) is 16.3. The van der Waals surface area contributed by atoms with Gasteiger partial charge in [-0.15, -0.1) is 0 Å². The summed E-state index contributed by atoms with van der Waals surface area (Å²) in [6.45, 7) is 2.50. The van der Waals surface area contributed by atoms with E-state index in [2.05, 4.69) is 32.8 Å². The summed E-state index contributed by atoms with van der Waals surface area (Å²) >= 11 is 0. The maximum Gasteiger partial charge on any atom is 0.266 e. The summed E-state index contributed by atoms with van der Waals surface area (Å²) in [6, 6.07) is 7.43. The number of rotatable bonds is 4. The fourth-order valence-electron chi connectivity index (χ4n) is 3.47. The van der Waals surface area contributed by atoms with Crippen LogP contribution in [0.4, 0.5) is 5.69 Å². The van der Waals surface area contributed by atoms with E-state index in [0.717, 1.165) is 53.7 Å². The second-order valence-electron chi connectivity index (χ2n) is 7.27. The monoisotopic (exact) mass is 396 g/mol. The van der Waals surface area contributed by atoms with Crippen molar-refractivity contribution in [2.24, 2.45) is 18.7 Å². The van der Waals surface area contributed by atoms with Crippen LogP contribution in [0.5, 0.6) is 5.75 Å². The fourth-order valence-corrected chi connectivity index (χ4v) is 3.47. The Morgan fingerprint density at radius 3 is 2.86 bits per heavy atom. The lowest BCUT2D eigenvalue weighted by Crippen LogP contribution is -2.18. The molecule has 1 aliphatic carbocycles. The number of carbonyl (C=O) groups is 1. The molecule has 0 spiro atoms. The van der Waals surface area contributed by atoms with Gasteiger partial charge >= 0.3 is 0 Å². The molecule has 0 atom stereocenters. The number of imidazole rings is 1. The molecule has 9 nitrogen and oxygen atoms in total. The van der Waals surface area contributed by atoms with Crippen molar-refractivity contribution in [3.8, 4) is 17.3 Å². The second kappa shape index (κ2) is 7.94. The van der Waals surface area contributed by atoms with E-state index in [4.69, 9.17) is 14.5 Å². The molecular formula is C20H24N6O3. The van der Waals surface area contributed by atoms with Crippen molar-refractivity contribution >= 4 is 23.1 Å². The van der Waals surface area contributed by atoms with E-state index in [9.17, 15) is 4.79 Å². The van der Waals surface area contributed by atoms with Crippen LogP contribution >= 0.6 is 0 Å². The summed E-state index contributed by atoms with van der Waals surface area (Å²) in [7, 11) is 1.66. The molecule has 3 N–H and O–H groups in total. The number of aryl methyl sites for hydroxylation is 2. The highest BCUT2D eigenvalue weighted by Gasteiger charge is 2.23. The Morgan fingerprint density at radius 1 is 1.34 bits per heavy atom. The maximum atomic E-state index is 11.7. The minimum atomic E-state index is -0.128. The molecule has 5 rings (SSSR count). The van der Waals surface area contributed by atoms with Gasteiger partial charge in [-0.05, 0) is 37.3 Å². The molecule has 1 aromatic carbocycles. The molecule has 2 aromatic heterocycles. The third kappa shape index (κ3) is 3.94. The average Bonchev–Trinajstić information content (AvgIpc) is 3.49. The molecule has 0 saturated heterocycles. The quantitative estimate of drug-likeness (QED) is 0.646. The van der Waals surface area contributed by atoms with E-state index in [1.54, 1.807) is 13.1 Å². The lowest BCUT2D eigenvalue weighted by Gasteiger charge is -2.09. The molecule has 1 aliphatic heterocycles. The zero-order chi connectivity index (χ0) is 20.4. The molecule has 0 radical (unpaired) electrons. The lowest BCUT2D eigenvalue weighted by atomic mass is 10.2. The Morgan fingerprint density at radius 2 is 2.14 bits per heavy atom. The van der Waals surface area contributed by atoms with Crippen molar-refractivity contribution in [2.75, 3.05) is 18.5 Å². The van der Waals surface area contributed by atoms with Gasteiger partial charge in [0, 0.05) is 38.0 Å². The van der Waals surface area contributed by atoms with E-state index >= 15 is 0 Å². The normalized spacial score (nSPS) is 15.1. The third-order valence-electron chi connectivity index (χ3n) is 5.07. The summed E-state index contributed by atoms with van der Waals surface area (Å²) < 4.78 is 9.51. The first-order chi connectivity index (χ1) is 14.1. The van der Waals surface area contributed by atoms with Crippen LogP contribution in [0, 0.1) is 5.92 Å². The van der Waals surface area contributed by atoms with Crippen molar-refractivity contribution in [3.63, 3.8) is 0 Å². The Bertz CT molecular complexity index is 1100. The summed E-state index contributed by atoms with van der Waals surface area (Å²) in [4.78, 5) is 25.1. The van der Waals surface area contributed by atoms with E-state index in [1.165, 1.54) is 23.6 Å². The number of anilines is 1. The van der Waals surface area contributed by atoms with Gasteiger partial charge in [-0.3, -0.25) is 9.59 Å². The first-order valence-electron chi connectivity index (χ1n) is 9.71. The Labute approximate surface area is 167 Å². The summed E-state index contributed by atoms with van der Waals surface area (Å²) in [5, 5.41) is 7.90. The van der Waals surface area contributed by atoms with Crippen molar-refractivity contribution in [2.45, 2.75) is 25.8 Å². The maximum absolute atomic E-state index is 11.7. The number of nitrogens with two attached hydrogens (primary N) is 1. The van der Waals surface area contributed by atoms with Gasteiger partial charge in [0.25, 0.3) is 5.56 Å². The zero-order valence-electron chi connectivity index (χ0n) is 16.3. The van der Waals surface area contributed by atoms with Gasteiger partial charge in [-0.1, -0.05) is 0 Å². The van der Waals surface area contributed by atoms with Crippen LogP contribution in [-0.2, 0) is 18.4 Å². The standard InChI is InChI=1S/C19H21N5O2.CH3NO/c1-23-17(25)6-5-14(22-23)19-21-15-9-13(20-11-12-3-4-12)10-16-18(15)24(19)7-2-8-26-16;2-1-3/h5-6,9-10,12,20H,2-4,7-8,11H2,1H3;1H,(H2,2,3). The first kappa shape index (κ1) is 19.0. The van der Waals surface area contributed by atoms with E-state index < -0.39 is 0 Å². The van der Waals surface area contributed by atoms with Crippen LogP contribution in [0.2, 0.25) is 0 Å². The molecule has 152 valence electrons. The largest absolute Gasteiger partial charge is 0.491 e. The molecule has 2 aliphatic rings. The molecule has 1 fully saturated rings. The molecular weight excluding hydrogens is 372 g/mol. The first-order valence-corrected chi connectivity index (χ1v) is 9.71. The Balaban J connectivity index is 0.000000645. The highest BCUT2D eigenvalue weighted by Crippen LogP contribution is 2.36. The topological polar surface area (TPSA) is 117 Å². The summed E-state index contributed by atoms with van der Waals surface area (Å²) in [5.74, 6) is 2.44. The second-order valence-corrected chi connectivity index (χ2v) is 7.27. The number of primary amides is 1. The third-order valence-corrected chi connectivity index (χ3v) is 5.07. The smallest absolute Gasteiger partial charge is 0.266 e. The highest BCUT2D eigenvalue weighted by molar-refractivity contribution is 5.89. The lowest BCUT2D eigenvalue weighted by molar-refractivity contribution is -0.106. The van der Waals surface area contributed by atoms with Crippen molar-refractivity contribution in [1.82, 2.24) is 19.3 Å². The van der Waals surface area contributed by atoms with Crippen LogP contribution in [0.3, 0.4) is 0 Å². The van der Waals surface area contributed by atoms with Gasteiger partial charge in [-0.25, -0.2) is 9.67 Å². The van der Waals surface area contributed by atoms with Crippen LogP contribution < -0.4 is 21.3 Å².